The number of nitrogens with one attached hydrogen (secondary N) is 1. The molecule has 7 heteroatoms. The van der Waals surface area contributed by atoms with E-state index in [1.165, 1.54) is 36.0 Å². The molecule has 1 N–H and O–H groups in total. The van der Waals surface area contributed by atoms with E-state index in [9.17, 15) is 14.0 Å². The highest BCUT2D eigenvalue weighted by molar-refractivity contribution is 9.10. The Morgan fingerprint density at radius 3 is 2.66 bits per heavy atom. The van der Waals surface area contributed by atoms with Gasteiger partial charge in [0, 0.05) is 12.1 Å². The number of allylic oxidation sites excluding steroid dienone is 1. The molecule has 0 atom stereocenters. The number of methoxy groups -OCH3 is 1. The summed E-state index contributed by atoms with van der Waals surface area (Å²) in [6, 6.07) is 11.5. The second-order valence-corrected chi connectivity index (χ2v) is 7.02. The van der Waals surface area contributed by atoms with Crippen molar-refractivity contribution in [2.45, 2.75) is 6.54 Å². The topological polar surface area (TPSA) is 64.1 Å². The molecule has 0 aliphatic carbocycles. The third-order valence-corrected chi connectivity index (χ3v) is 4.85. The van der Waals surface area contributed by atoms with Gasteiger partial charge in [-0.3, -0.25) is 14.2 Å². The van der Waals surface area contributed by atoms with Crippen molar-refractivity contribution in [2.24, 2.45) is 0 Å². The fourth-order valence-electron chi connectivity index (χ4n) is 2.87. The minimum atomic E-state index is -0.440. The lowest BCUT2D eigenvalue weighted by Crippen LogP contribution is -2.53. The fourth-order valence-corrected chi connectivity index (χ4v) is 3.27. The number of rotatable bonds is 5. The van der Waals surface area contributed by atoms with Crippen LogP contribution in [0.4, 0.5) is 4.39 Å². The number of H-pyrrole nitrogens is 1. The van der Waals surface area contributed by atoms with Crippen molar-refractivity contribution < 1.29 is 9.13 Å². The first kappa shape index (κ1) is 20.5. The molecule has 2 aromatic carbocycles. The van der Waals surface area contributed by atoms with Gasteiger partial charge in [0.15, 0.2) is 0 Å². The maximum absolute atomic E-state index is 13.5. The van der Waals surface area contributed by atoms with Gasteiger partial charge >= 0.3 is 0 Å². The quantitative estimate of drug-likeness (QED) is 0.599. The van der Waals surface area contributed by atoms with Crippen LogP contribution in [0.25, 0.3) is 12.2 Å². The lowest BCUT2D eigenvalue weighted by atomic mass is 10.2. The van der Waals surface area contributed by atoms with Crippen molar-refractivity contribution in [2.75, 3.05) is 7.11 Å². The average Bonchev–Trinajstić information content (AvgIpc) is 2.71. The molecule has 0 unspecified atom stereocenters. The molecule has 0 amide bonds. The van der Waals surface area contributed by atoms with Crippen molar-refractivity contribution in [3.8, 4) is 5.75 Å². The van der Waals surface area contributed by atoms with Gasteiger partial charge in [-0.2, -0.15) is 0 Å². The molecular formula is C22H18BrFN2O3. The van der Waals surface area contributed by atoms with E-state index >= 15 is 0 Å². The Balaban J connectivity index is 2.30. The molecule has 0 spiro atoms. The number of para-hydroxylation sites is 1. The Hall–Kier alpha value is -3.19. The van der Waals surface area contributed by atoms with Crippen LogP contribution in [0, 0.1) is 5.82 Å². The van der Waals surface area contributed by atoms with Crippen LogP contribution in [0.15, 0.2) is 69.2 Å². The Morgan fingerprint density at radius 1 is 1.21 bits per heavy atom. The number of hydrogen-bond donors (Lipinski definition) is 1. The van der Waals surface area contributed by atoms with Crippen LogP contribution < -0.4 is 26.6 Å². The lowest BCUT2D eigenvalue weighted by Gasteiger charge is -2.06. The van der Waals surface area contributed by atoms with Gasteiger partial charge in [0.05, 0.1) is 11.6 Å². The van der Waals surface area contributed by atoms with Gasteiger partial charge < -0.3 is 9.72 Å². The zero-order valence-corrected chi connectivity index (χ0v) is 17.2. The SMILES string of the molecule is C=CCn1c(=O)/c(=C\c2ccc(F)c(Br)c2)[nH]c(=O)/c1=C\c1ccccc1OC. The first-order valence-electron chi connectivity index (χ1n) is 8.70. The highest BCUT2D eigenvalue weighted by Crippen LogP contribution is 2.17. The van der Waals surface area contributed by atoms with Crippen LogP contribution in [0.2, 0.25) is 0 Å². The molecule has 3 rings (SSSR count). The van der Waals surface area contributed by atoms with Gasteiger partial charge in [-0.15, -0.1) is 6.58 Å². The van der Waals surface area contributed by atoms with Crippen molar-refractivity contribution in [3.63, 3.8) is 0 Å². The standard InChI is InChI=1S/C22H18BrFN2O3/c1-3-10-26-19(13-15-6-4-5-7-20(15)29-2)21(27)25-18(22(26)28)12-14-8-9-17(24)16(23)11-14/h3-9,11-13H,1,10H2,2H3,(H,25,27)/b18-12+,19-13+. The van der Waals surface area contributed by atoms with E-state index in [0.29, 0.717) is 16.9 Å². The molecule has 3 aromatic rings. The number of hydrogen-bond acceptors (Lipinski definition) is 3. The third kappa shape index (κ3) is 4.46. The maximum atomic E-state index is 13.5. The normalized spacial score (nSPS) is 12.2. The molecule has 0 aliphatic rings. The van der Waals surface area contributed by atoms with E-state index in [1.807, 2.05) is 12.1 Å². The molecule has 0 saturated carbocycles. The van der Waals surface area contributed by atoms with E-state index in [-0.39, 0.29) is 21.7 Å². The monoisotopic (exact) mass is 456 g/mol. The number of aromatic nitrogens is 2. The molecule has 1 heterocycles. The molecule has 29 heavy (non-hydrogen) atoms. The molecule has 0 bridgehead atoms. The van der Waals surface area contributed by atoms with Crippen LogP contribution in [0.1, 0.15) is 11.1 Å². The van der Waals surface area contributed by atoms with Crippen molar-refractivity contribution in [3.05, 3.63) is 108 Å². The molecule has 1 aromatic heterocycles. The van der Waals surface area contributed by atoms with Gasteiger partial charge in [-0.1, -0.05) is 30.3 Å². The third-order valence-electron chi connectivity index (χ3n) is 4.24. The smallest absolute Gasteiger partial charge is 0.275 e. The molecule has 5 nitrogen and oxygen atoms in total. The number of benzene rings is 2. The zero-order chi connectivity index (χ0) is 21.0. The summed E-state index contributed by atoms with van der Waals surface area (Å²) >= 11 is 3.11. The predicted molar refractivity (Wildman–Crippen MR) is 115 cm³/mol. The molecule has 0 fully saturated rings. The van der Waals surface area contributed by atoms with Gasteiger partial charge in [0.2, 0.25) is 0 Å². The summed E-state index contributed by atoms with van der Waals surface area (Å²) in [5.41, 5.74) is 0.394. The molecule has 0 aliphatic heterocycles. The van der Waals surface area contributed by atoms with Crippen molar-refractivity contribution >= 4 is 28.1 Å². The van der Waals surface area contributed by atoms with E-state index in [1.54, 1.807) is 24.3 Å². The molecule has 0 radical (unpaired) electrons. The number of ether oxygens (including phenoxy) is 1. The maximum Gasteiger partial charge on any atom is 0.275 e. The lowest BCUT2D eigenvalue weighted by molar-refractivity contribution is 0.414. The summed E-state index contributed by atoms with van der Waals surface area (Å²) in [5, 5.41) is 0.268. The predicted octanol–water partition coefficient (Wildman–Crippen LogP) is 2.29. The number of nitrogens with zero attached hydrogens (tertiary/aromatic N) is 1. The number of aromatic amines is 1. The van der Waals surface area contributed by atoms with Crippen LogP contribution in [-0.4, -0.2) is 16.7 Å². The van der Waals surface area contributed by atoms with Crippen LogP contribution in [0.3, 0.4) is 0 Å². The summed E-state index contributed by atoms with van der Waals surface area (Å²) in [5.74, 6) is 0.165. The van der Waals surface area contributed by atoms with E-state index < -0.39 is 16.9 Å². The molecule has 0 saturated heterocycles. The van der Waals surface area contributed by atoms with Crippen LogP contribution in [-0.2, 0) is 6.54 Å². The minimum Gasteiger partial charge on any atom is -0.496 e. The Morgan fingerprint density at radius 2 is 1.97 bits per heavy atom. The Labute approximate surface area is 174 Å². The fraction of sp³-hybridized carbons (Fsp3) is 0.0909. The van der Waals surface area contributed by atoms with Gasteiger partial charge in [-0.25, -0.2) is 4.39 Å². The highest BCUT2D eigenvalue weighted by Gasteiger charge is 2.07. The van der Waals surface area contributed by atoms with Crippen molar-refractivity contribution in [1.29, 1.82) is 0 Å². The van der Waals surface area contributed by atoms with E-state index in [0.717, 1.165) is 0 Å². The van der Waals surface area contributed by atoms with Crippen LogP contribution >= 0.6 is 15.9 Å². The largest absolute Gasteiger partial charge is 0.496 e. The summed E-state index contributed by atoms with van der Waals surface area (Å²) < 4.78 is 20.4. The van der Waals surface area contributed by atoms with E-state index in [4.69, 9.17) is 4.74 Å². The van der Waals surface area contributed by atoms with Crippen LogP contribution in [0.5, 0.6) is 5.75 Å². The summed E-state index contributed by atoms with van der Waals surface area (Å²) in [6.07, 6.45) is 4.64. The summed E-state index contributed by atoms with van der Waals surface area (Å²) in [6.45, 7) is 3.83. The average molecular weight is 457 g/mol. The Bertz CT molecular complexity index is 1310. The van der Waals surface area contributed by atoms with Gasteiger partial charge in [0.25, 0.3) is 11.1 Å². The van der Waals surface area contributed by atoms with E-state index in [2.05, 4.69) is 27.5 Å². The first-order valence-corrected chi connectivity index (χ1v) is 9.49. The summed E-state index contributed by atoms with van der Waals surface area (Å²) in [4.78, 5) is 28.4. The zero-order valence-electron chi connectivity index (χ0n) is 15.6. The second kappa shape index (κ2) is 8.87. The van der Waals surface area contributed by atoms with Gasteiger partial charge in [-0.05, 0) is 51.8 Å². The second-order valence-electron chi connectivity index (χ2n) is 6.16. The molecule has 148 valence electrons. The van der Waals surface area contributed by atoms with Crippen molar-refractivity contribution in [1.82, 2.24) is 9.55 Å². The summed E-state index contributed by atoms with van der Waals surface area (Å²) in [7, 11) is 1.53. The minimum absolute atomic E-state index is 0.0903. The molecular weight excluding hydrogens is 439 g/mol. The Kier molecular flexibility index (Phi) is 6.29. The van der Waals surface area contributed by atoms with Gasteiger partial charge in [0.1, 0.15) is 22.3 Å². The first-order chi connectivity index (χ1) is 13.9. The number of halogens is 2. The highest BCUT2D eigenvalue weighted by atomic mass is 79.9.